The molecule has 3 saturated heterocycles. The number of benzene rings is 1. The number of nitrogens with two attached hydrogens (primary N) is 1. The number of aromatic amines is 1. The van der Waals surface area contributed by atoms with E-state index < -0.39 is 16.1 Å². The second-order valence-electron chi connectivity index (χ2n) is 11.0. The molecule has 0 bridgehead atoms. The molecule has 1 aromatic carbocycles. The van der Waals surface area contributed by atoms with E-state index in [1.807, 2.05) is 4.90 Å². The first kappa shape index (κ1) is 38.7. The summed E-state index contributed by atoms with van der Waals surface area (Å²) < 4.78 is 25.5. The standard InChI is InChI=1S/C26H36ClN9O5S.3ClH/c1-42(40,41)35-12-10-33(11-13-35)19-14-20(36(15-19)24(37)17-6-8-34(9-7-17)25(28)29)23-31-21(22(27)32-23)16-2-4-18(5-3-16)30-26(38)39;;;/h2-5,17,19-20,30H,6-15H2,1H3,(H3,28,29)(H,31,32)(H,38,39);3*1H/t19-,20-;;;/m0.../s1. The first-order valence-electron chi connectivity index (χ1n) is 13.8. The molecule has 1 aromatic heterocycles. The number of piperazine rings is 1. The van der Waals surface area contributed by atoms with E-state index in [0.29, 0.717) is 82.3 Å². The van der Waals surface area contributed by atoms with Gasteiger partial charge in [0.1, 0.15) is 5.82 Å². The number of rotatable bonds is 6. The Morgan fingerprint density at radius 2 is 1.67 bits per heavy atom. The number of hydrogen-bond donors (Lipinski definition) is 5. The Bertz CT molecular complexity index is 1450. The molecule has 3 fully saturated rings. The number of amides is 2. The van der Waals surface area contributed by atoms with Gasteiger partial charge in [0.15, 0.2) is 11.1 Å². The fourth-order valence-corrected chi connectivity index (χ4v) is 7.22. The maximum atomic E-state index is 13.9. The maximum Gasteiger partial charge on any atom is 0.409 e. The van der Waals surface area contributed by atoms with Gasteiger partial charge in [-0.15, -0.1) is 37.2 Å². The molecule has 2 amide bonds. The molecular weight excluding hydrogens is 692 g/mol. The number of anilines is 1. The SMILES string of the molecule is CS(=O)(=O)N1CCN([C@H]2C[C@@H](c3nc(Cl)c(-c4ccc(NC(=O)O)cc4)[nH]3)N(C(=O)C3CCN(C(=N)N)CC3)C2)CC1.Cl.Cl.Cl. The average molecular weight is 732 g/mol. The summed E-state index contributed by atoms with van der Waals surface area (Å²) in [4.78, 5) is 38.7. The molecule has 252 valence electrons. The number of carbonyl (C=O) groups is 2. The number of sulfonamides is 1. The van der Waals surface area contributed by atoms with Gasteiger partial charge in [0.2, 0.25) is 15.9 Å². The summed E-state index contributed by atoms with van der Waals surface area (Å²) in [5.41, 5.74) is 7.36. The van der Waals surface area contributed by atoms with Crippen LogP contribution in [0.25, 0.3) is 11.3 Å². The minimum atomic E-state index is -3.26. The van der Waals surface area contributed by atoms with Crippen molar-refractivity contribution in [3.8, 4) is 11.3 Å². The summed E-state index contributed by atoms with van der Waals surface area (Å²) in [7, 11) is -3.26. The third-order valence-corrected chi connectivity index (χ3v) is 10.0. The summed E-state index contributed by atoms with van der Waals surface area (Å²) in [6.45, 7) is 3.53. The molecule has 0 unspecified atom stereocenters. The van der Waals surface area contributed by atoms with Crippen LogP contribution in [0.3, 0.4) is 0 Å². The Hall–Kier alpha value is -2.53. The summed E-state index contributed by atoms with van der Waals surface area (Å²) >= 11 is 6.58. The van der Waals surface area contributed by atoms with Crippen molar-refractivity contribution in [3.63, 3.8) is 0 Å². The van der Waals surface area contributed by atoms with Crippen LogP contribution >= 0.6 is 48.8 Å². The number of carbonyl (C=O) groups excluding carboxylic acids is 1. The van der Waals surface area contributed by atoms with Crippen molar-refractivity contribution in [2.75, 3.05) is 57.4 Å². The number of guanidine groups is 1. The van der Waals surface area contributed by atoms with Gasteiger partial charge in [-0.1, -0.05) is 23.7 Å². The van der Waals surface area contributed by atoms with E-state index in [9.17, 15) is 18.0 Å². The molecule has 2 aromatic rings. The minimum Gasteiger partial charge on any atom is -0.465 e. The summed E-state index contributed by atoms with van der Waals surface area (Å²) in [5.74, 6) is 0.397. The number of aromatic nitrogens is 2. The Labute approximate surface area is 285 Å². The van der Waals surface area contributed by atoms with Crippen LogP contribution in [0, 0.1) is 11.3 Å². The first-order chi connectivity index (χ1) is 19.9. The Kier molecular flexibility index (Phi) is 13.6. The van der Waals surface area contributed by atoms with Gasteiger partial charge in [-0.05, 0) is 31.4 Å². The van der Waals surface area contributed by atoms with Crippen molar-refractivity contribution in [2.24, 2.45) is 11.7 Å². The van der Waals surface area contributed by atoms with Crippen molar-refractivity contribution in [2.45, 2.75) is 31.3 Å². The number of carboxylic acid groups (broad SMARTS) is 1. The third kappa shape index (κ3) is 8.84. The van der Waals surface area contributed by atoms with Gasteiger partial charge in [-0.25, -0.2) is 18.2 Å². The minimum absolute atomic E-state index is 0. The van der Waals surface area contributed by atoms with Crippen LogP contribution in [0.5, 0.6) is 0 Å². The average Bonchev–Trinajstić information content (AvgIpc) is 3.56. The van der Waals surface area contributed by atoms with Gasteiger partial charge in [0.05, 0.1) is 18.0 Å². The number of nitrogens with zero attached hydrogens (tertiary/aromatic N) is 5. The predicted molar refractivity (Wildman–Crippen MR) is 179 cm³/mol. The fraction of sp³-hybridized carbons (Fsp3) is 0.538. The summed E-state index contributed by atoms with van der Waals surface area (Å²) in [6, 6.07) is 6.39. The molecular formula is C26H39Cl4N9O5S. The van der Waals surface area contributed by atoms with Crippen molar-refractivity contribution >= 4 is 82.5 Å². The van der Waals surface area contributed by atoms with Crippen molar-refractivity contribution < 1.29 is 23.1 Å². The van der Waals surface area contributed by atoms with Crippen LogP contribution in [0.15, 0.2) is 24.3 Å². The smallest absolute Gasteiger partial charge is 0.409 e. The highest BCUT2D eigenvalue weighted by Crippen LogP contribution is 2.38. The second kappa shape index (κ2) is 15.8. The molecule has 0 radical (unpaired) electrons. The van der Waals surface area contributed by atoms with E-state index in [0.717, 1.165) is 5.56 Å². The lowest BCUT2D eigenvalue weighted by Gasteiger charge is -2.37. The Balaban J connectivity index is 0.00000235. The quantitative estimate of drug-likeness (QED) is 0.220. The molecule has 5 rings (SSSR count). The highest BCUT2D eigenvalue weighted by molar-refractivity contribution is 7.88. The number of hydrogen-bond acceptors (Lipinski definition) is 7. The number of halogens is 4. The maximum absolute atomic E-state index is 13.9. The van der Waals surface area contributed by atoms with Crippen LogP contribution in [0.1, 0.15) is 31.1 Å². The molecule has 6 N–H and O–H groups in total. The molecule has 2 atom stereocenters. The zero-order valence-corrected chi connectivity index (χ0v) is 28.5. The second-order valence-corrected chi connectivity index (χ2v) is 13.4. The van der Waals surface area contributed by atoms with Crippen LogP contribution < -0.4 is 11.1 Å². The Morgan fingerprint density at radius 1 is 1.07 bits per heavy atom. The predicted octanol–water partition coefficient (Wildman–Crippen LogP) is 2.91. The lowest BCUT2D eigenvalue weighted by atomic mass is 9.95. The molecule has 0 spiro atoms. The van der Waals surface area contributed by atoms with Crippen LogP contribution in [0.4, 0.5) is 10.5 Å². The normalized spacial score (nSPS) is 21.3. The van der Waals surface area contributed by atoms with Gasteiger partial charge in [-0.3, -0.25) is 20.4 Å². The number of H-pyrrole nitrogens is 1. The fourth-order valence-electron chi connectivity index (χ4n) is 6.15. The molecule has 0 saturated carbocycles. The zero-order valence-electron chi connectivity index (χ0n) is 24.5. The largest absolute Gasteiger partial charge is 0.465 e. The topological polar surface area (TPSA) is 192 Å². The molecule has 45 heavy (non-hydrogen) atoms. The number of likely N-dealkylation sites (tertiary alicyclic amines) is 2. The van der Waals surface area contributed by atoms with E-state index in [1.54, 1.807) is 29.2 Å². The lowest BCUT2D eigenvalue weighted by molar-refractivity contribution is -0.138. The highest BCUT2D eigenvalue weighted by Gasteiger charge is 2.43. The van der Waals surface area contributed by atoms with Crippen LogP contribution in [-0.4, -0.2) is 119 Å². The van der Waals surface area contributed by atoms with Gasteiger partial charge in [0, 0.05) is 69.0 Å². The van der Waals surface area contributed by atoms with E-state index >= 15 is 0 Å². The number of imidazole rings is 1. The summed E-state index contributed by atoms with van der Waals surface area (Å²) in [5, 5.41) is 19.2. The van der Waals surface area contributed by atoms with E-state index in [2.05, 4.69) is 20.2 Å². The van der Waals surface area contributed by atoms with Crippen LogP contribution in [0.2, 0.25) is 5.15 Å². The van der Waals surface area contributed by atoms with E-state index in [4.69, 9.17) is 27.9 Å². The molecule has 3 aliphatic rings. The molecule has 0 aliphatic carbocycles. The zero-order chi connectivity index (χ0) is 30.2. The molecule has 14 nitrogen and oxygen atoms in total. The van der Waals surface area contributed by atoms with Crippen molar-refractivity contribution in [1.82, 2.24) is 29.0 Å². The number of piperidine rings is 1. The molecule has 3 aliphatic heterocycles. The highest BCUT2D eigenvalue weighted by atomic mass is 35.5. The van der Waals surface area contributed by atoms with E-state index in [-0.39, 0.29) is 72.2 Å². The van der Waals surface area contributed by atoms with Gasteiger partial charge in [0.25, 0.3) is 0 Å². The summed E-state index contributed by atoms with van der Waals surface area (Å²) in [6.07, 6.45) is 1.87. The van der Waals surface area contributed by atoms with Crippen molar-refractivity contribution in [1.29, 1.82) is 5.41 Å². The van der Waals surface area contributed by atoms with Gasteiger partial charge >= 0.3 is 6.09 Å². The third-order valence-electron chi connectivity index (χ3n) is 8.42. The van der Waals surface area contributed by atoms with Crippen LogP contribution in [-0.2, 0) is 14.8 Å². The molecule has 4 heterocycles. The van der Waals surface area contributed by atoms with E-state index in [1.165, 1.54) is 10.6 Å². The monoisotopic (exact) mass is 729 g/mol. The lowest BCUT2D eigenvalue weighted by Crippen LogP contribution is -2.52. The number of nitrogens with one attached hydrogen (secondary N) is 3. The van der Waals surface area contributed by atoms with Gasteiger partial charge < -0.3 is 25.6 Å². The van der Waals surface area contributed by atoms with Gasteiger partial charge in [-0.2, -0.15) is 4.31 Å². The molecule has 19 heteroatoms. The Morgan fingerprint density at radius 3 is 2.20 bits per heavy atom. The van der Waals surface area contributed by atoms with Crippen molar-refractivity contribution in [3.05, 3.63) is 35.2 Å². The first-order valence-corrected chi connectivity index (χ1v) is 16.1.